The predicted octanol–water partition coefficient (Wildman–Crippen LogP) is 3.11. The zero-order valence-corrected chi connectivity index (χ0v) is 17.9. The Morgan fingerprint density at radius 2 is 1.62 bits per heavy atom. The molecular weight excluding hydrogens is 390 g/mol. The zero-order chi connectivity index (χ0) is 21.6. The first-order valence-electron chi connectivity index (χ1n) is 9.41. The second-order valence-electron chi connectivity index (χ2n) is 7.02. The highest BCUT2D eigenvalue weighted by Gasteiger charge is 2.17. The summed E-state index contributed by atoms with van der Waals surface area (Å²) < 4.78 is 25.1. The van der Waals surface area contributed by atoms with Gasteiger partial charge in [0.2, 0.25) is 10.0 Å². The van der Waals surface area contributed by atoms with Gasteiger partial charge in [-0.25, -0.2) is 8.42 Å². The first kappa shape index (κ1) is 22.4. The molecule has 0 fully saturated rings. The Kier molecular flexibility index (Phi) is 7.39. The van der Waals surface area contributed by atoms with Crippen LogP contribution in [0.25, 0.3) is 0 Å². The second-order valence-corrected chi connectivity index (χ2v) is 9.31. The SMILES string of the molecule is CCS(=O)(=O)N(C)c1ccc(C(=O)Nc2ccccc2C(=O)NCC(C)C)cc1. The summed E-state index contributed by atoms with van der Waals surface area (Å²) in [5, 5.41) is 5.59. The summed E-state index contributed by atoms with van der Waals surface area (Å²) in [6.45, 7) is 6.11. The van der Waals surface area contributed by atoms with E-state index >= 15 is 0 Å². The van der Waals surface area contributed by atoms with Gasteiger partial charge in [0.1, 0.15) is 0 Å². The van der Waals surface area contributed by atoms with Crippen LogP contribution in [0.15, 0.2) is 48.5 Å². The van der Waals surface area contributed by atoms with Crippen LogP contribution in [0.3, 0.4) is 0 Å². The van der Waals surface area contributed by atoms with E-state index in [0.29, 0.717) is 35.0 Å². The van der Waals surface area contributed by atoms with E-state index in [0.717, 1.165) is 0 Å². The van der Waals surface area contributed by atoms with Crippen LogP contribution in [0.1, 0.15) is 41.5 Å². The molecule has 0 atom stereocenters. The summed E-state index contributed by atoms with van der Waals surface area (Å²) in [5.74, 6) is -0.339. The Bertz CT molecular complexity index is 970. The van der Waals surface area contributed by atoms with Crippen molar-refractivity contribution in [2.45, 2.75) is 20.8 Å². The monoisotopic (exact) mass is 417 g/mol. The molecule has 0 aliphatic heterocycles. The Hall–Kier alpha value is -2.87. The van der Waals surface area contributed by atoms with Gasteiger partial charge >= 0.3 is 0 Å². The van der Waals surface area contributed by atoms with Crippen molar-refractivity contribution in [3.63, 3.8) is 0 Å². The summed E-state index contributed by atoms with van der Waals surface area (Å²) in [6.07, 6.45) is 0. The second kappa shape index (κ2) is 9.56. The largest absolute Gasteiger partial charge is 0.352 e. The molecule has 0 bridgehead atoms. The molecule has 29 heavy (non-hydrogen) atoms. The third-order valence-corrected chi connectivity index (χ3v) is 6.14. The molecule has 2 aromatic carbocycles. The van der Waals surface area contributed by atoms with E-state index in [1.807, 2.05) is 13.8 Å². The van der Waals surface area contributed by atoms with E-state index < -0.39 is 10.0 Å². The Morgan fingerprint density at radius 3 is 2.21 bits per heavy atom. The number of carbonyl (C=O) groups is 2. The van der Waals surface area contributed by atoms with Gasteiger partial charge in [-0.2, -0.15) is 0 Å². The van der Waals surface area contributed by atoms with Crippen LogP contribution in [0.5, 0.6) is 0 Å². The molecule has 0 saturated heterocycles. The lowest BCUT2D eigenvalue weighted by atomic mass is 10.1. The summed E-state index contributed by atoms with van der Waals surface area (Å²) in [4.78, 5) is 25.0. The number of hydrogen-bond acceptors (Lipinski definition) is 4. The molecular formula is C21H27N3O4S. The molecule has 2 rings (SSSR count). The quantitative estimate of drug-likeness (QED) is 0.690. The molecule has 0 saturated carbocycles. The molecule has 7 nitrogen and oxygen atoms in total. The van der Waals surface area contributed by atoms with E-state index in [9.17, 15) is 18.0 Å². The first-order chi connectivity index (χ1) is 13.7. The Morgan fingerprint density at radius 1 is 1.00 bits per heavy atom. The third kappa shape index (κ3) is 5.80. The standard InChI is InChI=1S/C21H27N3O4S/c1-5-29(27,28)24(4)17-12-10-16(11-13-17)20(25)23-19-9-7-6-8-18(19)21(26)22-14-15(2)3/h6-13,15H,5,14H2,1-4H3,(H,22,26)(H,23,25). The van der Waals surface area contributed by atoms with E-state index in [-0.39, 0.29) is 17.6 Å². The Labute approximate surface area is 172 Å². The van der Waals surface area contributed by atoms with Crippen molar-refractivity contribution in [2.75, 3.05) is 29.0 Å². The lowest BCUT2D eigenvalue weighted by molar-refractivity contribution is 0.0950. The summed E-state index contributed by atoms with van der Waals surface area (Å²) in [6, 6.07) is 13.0. The van der Waals surface area contributed by atoms with Crippen molar-refractivity contribution in [3.05, 3.63) is 59.7 Å². The number of nitrogens with zero attached hydrogens (tertiary/aromatic N) is 1. The molecule has 2 aromatic rings. The van der Waals surface area contributed by atoms with Crippen molar-refractivity contribution in [3.8, 4) is 0 Å². The molecule has 8 heteroatoms. The van der Waals surface area contributed by atoms with Crippen LogP contribution in [-0.2, 0) is 10.0 Å². The van der Waals surface area contributed by atoms with Crippen LogP contribution in [0.4, 0.5) is 11.4 Å². The maximum atomic E-state index is 12.6. The normalized spacial score (nSPS) is 11.2. The molecule has 2 amide bonds. The molecule has 0 heterocycles. The van der Waals surface area contributed by atoms with E-state index in [4.69, 9.17) is 0 Å². The predicted molar refractivity (Wildman–Crippen MR) is 116 cm³/mol. The lowest BCUT2D eigenvalue weighted by Gasteiger charge is -2.18. The van der Waals surface area contributed by atoms with Crippen LogP contribution in [-0.4, -0.2) is 39.6 Å². The van der Waals surface area contributed by atoms with Gasteiger partial charge in [0.05, 0.1) is 22.7 Å². The minimum absolute atomic E-state index is 0.0125. The molecule has 0 spiro atoms. The smallest absolute Gasteiger partial charge is 0.255 e. The number of amides is 2. The number of anilines is 2. The van der Waals surface area contributed by atoms with Gasteiger partial charge < -0.3 is 10.6 Å². The molecule has 0 unspecified atom stereocenters. The Balaban J connectivity index is 2.16. The van der Waals surface area contributed by atoms with Crippen LogP contribution < -0.4 is 14.9 Å². The van der Waals surface area contributed by atoms with Gasteiger partial charge in [-0.05, 0) is 49.2 Å². The number of sulfonamides is 1. The number of rotatable bonds is 8. The van der Waals surface area contributed by atoms with Gasteiger partial charge in [-0.1, -0.05) is 26.0 Å². The maximum absolute atomic E-state index is 12.6. The fraction of sp³-hybridized carbons (Fsp3) is 0.333. The number of benzene rings is 2. The van der Waals surface area contributed by atoms with Gasteiger partial charge in [-0.3, -0.25) is 13.9 Å². The number of para-hydroxylation sites is 1. The fourth-order valence-corrected chi connectivity index (χ4v) is 3.38. The van der Waals surface area contributed by atoms with Gasteiger partial charge in [0.15, 0.2) is 0 Å². The molecule has 0 aliphatic carbocycles. The molecule has 0 aliphatic rings. The van der Waals surface area contributed by atoms with Crippen molar-refractivity contribution in [2.24, 2.45) is 5.92 Å². The van der Waals surface area contributed by atoms with E-state index in [1.165, 1.54) is 11.4 Å². The van der Waals surface area contributed by atoms with Crippen LogP contribution in [0, 0.1) is 5.92 Å². The number of carbonyl (C=O) groups excluding carboxylic acids is 2. The third-order valence-electron chi connectivity index (χ3n) is 4.37. The highest BCUT2D eigenvalue weighted by molar-refractivity contribution is 7.92. The van der Waals surface area contributed by atoms with Crippen LogP contribution in [0.2, 0.25) is 0 Å². The van der Waals surface area contributed by atoms with Crippen molar-refractivity contribution in [1.29, 1.82) is 0 Å². The summed E-state index contributed by atoms with van der Waals surface area (Å²) in [5.41, 5.74) is 1.62. The van der Waals surface area contributed by atoms with Crippen molar-refractivity contribution in [1.82, 2.24) is 5.32 Å². The minimum Gasteiger partial charge on any atom is -0.352 e. The fourth-order valence-electron chi connectivity index (χ4n) is 2.55. The topological polar surface area (TPSA) is 95.6 Å². The minimum atomic E-state index is -3.37. The number of hydrogen-bond donors (Lipinski definition) is 2. The average Bonchev–Trinajstić information content (AvgIpc) is 2.71. The molecule has 156 valence electrons. The molecule has 0 aromatic heterocycles. The molecule has 2 N–H and O–H groups in total. The lowest BCUT2D eigenvalue weighted by Crippen LogP contribution is -2.28. The van der Waals surface area contributed by atoms with E-state index in [2.05, 4.69) is 10.6 Å². The average molecular weight is 418 g/mol. The summed E-state index contributed by atoms with van der Waals surface area (Å²) >= 11 is 0. The van der Waals surface area contributed by atoms with Crippen molar-refractivity contribution < 1.29 is 18.0 Å². The maximum Gasteiger partial charge on any atom is 0.255 e. The summed E-state index contributed by atoms with van der Waals surface area (Å²) in [7, 11) is -1.90. The first-order valence-corrected chi connectivity index (χ1v) is 11.0. The highest BCUT2D eigenvalue weighted by atomic mass is 32.2. The van der Waals surface area contributed by atoms with Gasteiger partial charge in [-0.15, -0.1) is 0 Å². The van der Waals surface area contributed by atoms with E-state index in [1.54, 1.807) is 55.5 Å². The van der Waals surface area contributed by atoms with Gasteiger partial charge in [0, 0.05) is 19.2 Å². The van der Waals surface area contributed by atoms with Crippen molar-refractivity contribution >= 4 is 33.2 Å². The highest BCUT2D eigenvalue weighted by Crippen LogP contribution is 2.20. The van der Waals surface area contributed by atoms with Crippen LogP contribution >= 0.6 is 0 Å². The van der Waals surface area contributed by atoms with Gasteiger partial charge in [0.25, 0.3) is 11.8 Å². The number of nitrogens with one attached hydrogen (secondary N) is 2. The zero-order valence-electron chi connectivity index (χ0n) is 17.1. The molecule has 0 radical (unpaired) electrons.